The van der Waals surface area contributed by atoms with Gasteiger partial charge < -0.3 is 10.1 Å². The van der Waals surface area contributed by atoms with Crippen molar-refractivity contribution >= 4 is 17.5 Å². The van der Waals surface area contributed by atoms with Crippen molar-refractivity contribution in [3.8, 4) is 5.75 Å². The standard InChI is InChI=1S/C15H12ClF2NO2/c16-11-3-1-10(2-4-11)15(20)19-7-8-21-12-5-6-13(17)14(18)9-12/h1-6,9H,7-8H2,(H,19,20). The zero-order chi connectivity index (χ0) is 15.2. The maximum Gasteiger partial charge on any atom is 0.251 e. The van der Waals surface area contributed by atoms with Gasteiger partial charge in [0.25, 0.3) is 5.91 Å². The lowest BCUT2D eigenvalue weighted by atomic mass is 10.2. The molecule has 1 N–H and O–H groups in total. The highest BCUT2D eigenvalue weighted by atomic mass is 35.5. The molecule has 0 saturated heterocycles. The van der Waals surface area contributed by atoms with Crippen LogP contribution in [-0.4, -0.2) is 19.1 Å². The molecule has 0 saturated carbocycles. The Kier molecular flexibility index (Phi) is 5.11. The molecule has 0 atom stereocenters. The van der Waals surface area contributed by atoms with Gasteiger partial charge in [0.15, 0.2) is 11.6 Å². The third kappa shape index (κ3) is 4.43. The summed E-state index contributed by atoms with van der Waals surface area (Å²) in [5.74, 6) is -1.97. The largest absolute Gasteiger partial charge is 0.492 e. The summed E-state index contributed by atoms with van der Waals surface area (Å²) in [6.07, 6.45) is 0. The van der Waals surface area contributed by atoms with Gasteiger partial charge in [0.1, 0.15) is 12.4 Å². The topological polar surface area (TPSA) is 38.3 Å². The van der Waals surface area contributed by atoms with Gasteiger partial charge in [-0.2, -0.15) is 0 Å². The van der Waals surface area contributed by atoms with Crippen LogP contribution in [0.5, 0.6) is 5.75 Å². The molecule has 0 unspecified atom stereocenters. The molecule has 3 nitrogen and oxygen atoms in total. The zero-order valence-electron chi connectivity index (χ0n) is 10.9. The lowest BCUT2D eigenvalue weighted by Crippen LogP contribution is -2.28. The Balaban J connectivity index is 1.77. The van der Waals surface area contributed by atoms with Crippen molar-refractivity contribution in [2.75, 3.05) is 13.2 Å². The van der Waals surface area contributed by atoms with Crippen LogP contribution >= 0.6 is 11.6 Å². The van der Waals surface area contributed by atoms with Crippen LogP contribution in [0.2, 0.25) is 5.02 Å². The monoisotopic (exact) mass is 311 g/mol. The first-order valence-corrected chi connectivity index (χ1v) is 6.55. The summed E-state index contributed by atoms with van der Waals surface area (Å²) in [4.78, 5) is 11.7. The number of benzene rings is 2. The van der Waals surface area contributed by atoms with Gasteiger partial charge >= 0.3 is 0 Å². The first-order valence-electron chi connectivity index (χ1n) is 6.18. The van der Waals surface area contributed by atoms with Gasteiger partial charge in [0.05, 0.1) is 6.54 Å². The van der Waals surface area contributed by atoms with Crippen molar-refractivity contribution in [2.24, 2.45) is 0 Å². The van der Waals surface area contributed by atoms with E-state index in [-0.39, 0.29) is 24.8 Å². The smallest absolute Gasteiger partial charge is 0.251 e. The zero-order valence-corrected chi connectivity index (χ0v) is 11.7. The molecule has 110 valence electrons. The van der Waals surface area contributed by atoms with E-state index in [1.165, 1.54) is 6.07 Å². The number of ether oxygens (including phenoxy) is 1. The van der Waals surface area contributed by atoms with E-state index in [0.29, 0.717) is 10.6 Å². The Morgan fingerprint density at radius 2 is 1.81 bits per heavy atom. The number of amides is 1. The average molecular weight is 312 g/mol. The molecule has 0 spiro atoms. The van der Waals surface area contributed by atoms with Crippen molar-refractivity contribution in [3.63, 3.8) is 0 Å². The van der Waals surface area contributed by atoms with Crippen LogP contribution in [0.3, 0.4) is 0 Å². The summed E-state index contributed by atoms with van der Waals surface area (Å²) < 4.78 is 30.9. The van der Waals surface area contributed by atoms with E-state index >= 15 is 0 Å². The molecular weight excluding hydrogens is 300 g/mol. The summed E-state index contributed by atoms with van der Waals surface area (Å²) in [6, 6.07) is 9.71. The minimum atomic E-state index is -0.974. The second-order valence-electron chi connectivity index (χ2n) is 4.19. The second-order valence-corrected chi connectivity index (χ2v) is 4.62. The molecule has 6 heteroatoms. The van der Waals surface area contributed by atoms with Crippen LogP contribution in [-0.2, 0) is 0 Å². The molecule has 2 rings (SSSR count). The fraction of sp³-hybridized carbons (Fsp3) is 0.133. The molecule has 0 fully saturated rings. The third-order valence-corrected chi connectivity index (χ3v) is 2.91. The SMILES string of the molecule is O=C(NCCOc1ccc(F)c(F)c1)c1ccc(Cl)cc1. The predicted octanol–water partition coefficient (Wildman–Crippen LogP) is 3.43. The minimum absolute atomic E-state index is 0.143. The molecular formula is C15H12ClF2NO2. The Morgan fingerprint density at radius 3 is 2.48 bits per heavy atom. The fourth-order valence-electron chi connectivity index (χ4n) is 1.60. The lowest BCUT2D eigenvalue weighted by Gasteiger charge is -2.08. The molecule has 0 bridgehead atoms. The Labute approximate surface area is 125 Å². The van der Waals surface area contributed by atoms with Crippen LogP contribution in [0.25, 0.3) is 0 Å². The highest BCUT2D eigenvalue weighted by Crippen LogP contribution is 2.15. The van der Waals surface area contributed by atoms with E-state index in [1.54, 1.807) is 24.3 Å². The normalized spacial score (nSPS) is 10.2. The van der Waals surface area contributed by atoms with E-state index in [1.807, 2.05) is 0 Å². The highest BCUT2D eigenvalue weighted by molar-refractivity contribution is 6.30. The maximum absolute atomic E-state index is 12.9. The third-order valence-electron chi connectivity index (χ3n) is 2.65. The van der Waals surface area contributed by atoms with Crippen molar-refractivity contribution in [3.05, 3.63) is 64.7 Å². The number of halogens is 3. The number of hydrogen-bond donors (Lipinski definition) is 1. The molecule has 0 radical (unpaired) electrons. The number of hydrogen-bond acceptors (Lipinski definition) is 2. The molecule has 2 aromatic carbocycles. The molecule has 1 amide bonds. The Bertz CT molecular complexity index is 632. The number of nitrogens with one attached hydrogen (secondary N) is 1. The van der Waals surface area contributed by atoms with Gasteiger partial charge in [-0.3, -0.25) is 4.79 Å². The molecule has 0 aromatic heterocycles. The van der Waals surface area contributed by atoms with Crippen molar-refractivity contribution in [1.82, 2.24) is 5.32 Å². The van der Waals surface area contributed by atoms with Gasteiger partial charge in [-0.05, 0) is 36.4 Å². The fourth-order valence-corrected chi connectivity index (χ4v) is 1.73. The van der Waals surface area contributed by atoms with Crippen LogP contribution in [0.4, 0.5) is 8.78 Å². The van der Waals surface area contributed by atoms with E-state index in [0.717, 1.165) is 12.1 Å². The van der Waals surface area contributed by atoms with E-state index < -0.39 is 11.6 Å². The maximum atomic E-state index is 12.9. The van der Waals surface area contributed by atoms with E-state index in [4.69, 9.17) is 16.3 Å². The summed E-state index contributed by atoms with van der Waals surface area (Å²) in [5, 5.41) is 3.19. The van der Waals surface area contributed by atoms with Gasteiger partial charge in [0, 0.05) is 16.7 Å². The molecule has 2 aromatic rings. The van der Waals surface area contributed by atoms with Crippen LogP contribution in [0.15, 0.2) is 42.5 Å². The van der Waals surface area contributed by atoms with Gasteiger partial charge in [-0.1, -0.05) is 11.6 Å². The molecule has 0 heterocycles. The summed E-state index contributed by atoms with van der Waals surface area (Å²) in [7, 11) is 0. The van der Waals surface area contributed by atoms with Crippen molar-refractivity contribution < 1.29 is 18.3 Å². The summed E-state index contributed by atoms with van der Waals surface area (Å²) in [6.45, 7) is 0.380. The quantitative estimate of drug-likeness (QED) is 0.859. The molecule has 21 heavy (non-hydrogen) atoms. The van der Waals surface area contributed by atoms with Crippen LogP contribution in [0.1, 0.15) is 10.4 Å². The van der Waals surface area contributed by atoms with E-state index in [9.17, 15) is 13.6 Å². The minimum Gasteiger partial charge on any atom is -0.492 e. The lowest BCUT2D eigenvalue weighted by molar-refractivity contribution is 0.0947. The second kappa shape index (κ2) is 7.04. The van der Waals surface area contributed by atoms with Crippen LogP contribution in [0, 0.1) is 11.6 Å². The molecule has 0 aliphatic heterocycles. The first-order chi connectivity index (χ1) is 10.1. The first kappa shape index (κ1) is 15.3. The highest BCUT2D eigenvalue weighted by Gasteiger charge is 2.05. The molecule has 0 aliphatic carbocycles. The Hall–Kier alpha value is -2.14. The van der Waals surface area contributed by atoms with E-state index in [2.05, 4.69) is 5.32 Å². The van der Waals surface area contributed by atoms with Crippen LogP contribution < -0.4 is 10.1 Å². The van der Waals surface area contributed by atoms with Gasteiger partial charge in [-0.15, -0.1) is 0 Å². The Morgan fingerprint density at radius 1 is 1.10 bits per heavy atom. The average Bonchev–Trinajstić information content (AvgIpc) is 2.47. The van der Waals surface area contributed by atoms with Crippen molar-refractivity contribution in [1.29, 1.82) is 0 Å². The summed E-state index contributed by atoms with van der Waals surface area (Å²) in [5.41, 5.74) is 0.479. The number of rotatable bonds is 5. The summed E-state index contributed by atoms with van der Waals surface area (Å²) >= 11 is 5.73. The molecule has 0 aliphatic rings. The number of carbonyl (C=O) groups is 1. The van der Waals surface area contributed by atoms with Gasteiger partial charge in [-0.25, -0.2) is 8.78 Å². The number of carbonyl (C=O) groups excluding carboxylic acids is 1. The predicted molar refractivity (Wildman–Crippen MR) is 75.6 cm³/mol. The van der Waals surface area contributed by atoms with Gasteiger partial charge in [0.2, 0.25) is 0 Å². The van der Waals surface area contributed by atoms with Crippen molar-refractivity contribution in [2.45, 2.75) is 0 Å².